The van der Waals surface area contributed by atoms with Gasteiger partial charge in [0.15, 0.2) is 0 Å². The van der Waals surface area contributed by atoms with Crippen LogP contribution in [0.25, 0.3) is 0 Å². The molecule has 2 aromatic rings. The van der Waals surface area contributed by atoms with Crippen LogP contribution < -0.4 is 5.32 Å². The summed E-state index contributed by atoms with van der Waals surface area (Å²) in [5.41, 5.74) is 1.78. The van der Waals surface area contributed by atoms with Gasteiger partial charge in [0.05, 0.1) is 17.3 Å². The molecule has 23 heavy (non-hydrogen) atoms. The minimum absolute atomic E-state index is 0.0232. The number of rotatable bonds is 5. The van der Waals surface area contributed by atoms with Gasteiger partial charge in [0.25, 0.3) is 5.91 Å². The molecule has 1 aliphatic rings. The van der Waals surface area contributed by atoms with Crippen molar-refractivity contribution in [1.82, 2.24) is 10.3 Å². The minimum atomic E-state index is -1.04. The average Bonchev–Trinajstić information content (AvgIpc) is 3.37. The molecule has 0 bridgehead atoms. The van der Waals surface area contributed by atoms with Crippen LogP contribution in [0.5, 0.6) is 0 Å². The third-order valence-corrected chi connectivity index (χ3v) is 4.09. The molecule has 1 aromatic heterocycles. The Morgan fingerprint density at radius 1 is 1.17 bits per heavy atom. The Balaban J connectivity index is 1.80. The van der Waals surface area contributed by atoms with Crippen molar-refractivity contribution < 1.29 is 14.7 Å². The lowest BCUT2D eigenvalue weighted by Crippen LogP contribution is -2.30. The number of aromatic carboxylic acids is 1. The number of nitrogens with one attached hydrogen (secondary N) is 1. The molecule has 1 amide bonds. The molecule has 1 saturated carbocycles. The lowest BCUT2D eigenvalue weighted by atomic mass is 10.0. The zero-order chi connectivity index (χ0) is 16.4. The van der Waals surface area contributed by atoms with Crippen LogP contribution >= 0.6 is 0 Å². The van der Waals surface area contributed by atoms with Crippen LogP contribution in [-0.4, -0.2) is 22.0 Å². The molecule has 118 valence electrons. The van der Waals surface area contributed by atoms with Crippen molar-refractivity contribution in [3.8, 4) is 0 Å². The molecular weight excluding hydrogens is 292 g/mol. The van der Waals surface area contributed by atoms with Gasteiger partial charge in [0.1, 0.15) is 5.69 Å². The monoisotopic (exact) mass is 310 g/mol. The molecule has 2 N–H and O–H groups in total. The summed E-state index contributed by atoms with van der Waals surface area (Å²) in [7, 11) is 0. The lowest BCUT2D eigenvalue weighted by Gasteiger charge is -2.18. The highest BCUT2D eigenvalue weighted by atomic mass is 16.4. The molecule has 0 saturated heterocycles. The van der Waals surface area contributed by atoms with Gasteiger partial charge in [-0.1, -0.05) is 30.3 Å². The van der Waals surface area contributed by atoms with Crippen molar-refractivity contribution in [2.45, 2.75) is 25.8 Å². The van der Waals surface area contributed by atoms with Crippen LogP contribution in [0.15, 0.2) is 42.5 Å². The predicted octanol–water partition coefficient (Wildman–Crippen LogP) is 2.97. The number of amides is 1. The number of carbonyl (C=O) groups excluding carboxylic acids is 1. The number of hydrogen-bond acceptors (Lipinski definition) is 3. The third-order valence-electron chi connectivity index (χ3n) is 4.09. The standard InChI is InChI=1S/C18H18N2O3/c1-11-14(18(22)23)9-10-15(19-11)17(21)20-16(13-7-8-13)12-5-3-2-4-6-12/h2-6,9-10,13,16H,7-8H2,1H3,(H,20,21)(H,22,23). The maximum absolute atomic E-state index is 12.5. The van der Waals surface area contributed by atoms with E-state index in [2.05, 4.69) is 10.3 Å². The summed E-state index contributed by atoms with van der Waals surface area (Å²) in [5, 5.41) is 12.1. The highest BCUT2D eigenvalue weighted by molar-refractivity contribution is 5.94. The van der Waals surface area contributed by atoms with Gasteiger partial charge in [-0.15, -0.1) is 0 Å². The molecule has 0 radical (unpaired) electrons. The number of carbonyl (C=O) groups is 2. The van der Waals surface area contributed by atoms with Gasteiger partial charge in [0.2, 0.25) is 0 Å². The fourth-order valence-electron chi connectivity index (χ4n) is 2.69. The molecule has 0 spiro atoms. The highest BCUT2D eigenvalue weighted by Gasteiger charge is 2.33. The lowest BCUT2D eigenvalue weighted by molar-refractivity contribution is 0.0694. The van der Waals surface area contributed by atoms with Crippen molar-refractivity contribution in [2.24, 2.45) is 5.92 Å². The number of aromatic nitrogens is 1. The molecule has 1 atom stereocenters. The molecule has 1 aromatic carbocycles. The topological polar surface area (TPSA) is 79.3 Å². The molecule has 0 aliphatic heterocycles. The Morgan fingerprint density at radius 3 is 2.43 bits per heavy atom. The second-order valence-corrected chi connectivity index (χ2v) is 5.83. The first kappa shape index (κ1) is 15.2. The molecule has 1 aliphatic carbocycles. The van der Waals surface area contributed by atoms with E-state index < -0.39 is 5.97 Å². The van der Waals surface area contributed by atoms with Gasteiger partial charge >= 0.3 is 5.97 Å². The molecule has 5 nitrogen and oxygen atoms in total. The normalized spacial score (nSPS) is 15.0. The third kappa shape index (κ3) is 3.39. The minimum Gasteiger partial charge on any atom is -0.478 e. The Bertz CT molecular complexity index is 739. The van der Waals surface area contributed by atoms with Crippen molar-refractivity contribution >= 4 is 11.9 Å². The van der Waals surface area contributed by atoms with Crippen LogP contribution in [-0.2, 0) is 0 Å². The van der Waals surface area contributed by atoms with Crippen molar-refractivity contribution in [1.29, 1.82) is 0 Å². The highest BCUT2D eigenvalue weighted by Crippen LogP contribution is 2.41. The van der Waals surface area contributed by atoms with Crippen molar-refractivity contribution in [3.63, 3.8) is 0 Å². The number of aryl methyl sites for hydroxylation is 1. The van der Waals surface area contributed by atoms with E-state index >= 15 is 0 Å². The fourth-order valence-corrected chi connectivity index (χ4v) is 2.69. The van der Waals surface area contributed by atoms with Gasteiger partial charge in [-0.05, 0) is 43.4 Å². The molecule has 5 heteroatoms. The molecular formula is C18H18N2O3. The second-order valence-electron chi connectivity index (χ2n) is 5.83. The Morgan fingerprint density at radius 2 is 1.87 bits per heavy atom. The van der Waals surface area contributed by atoms with E-state index in [-0.39, 0.29) is 23.2 Å². The van der Waals surface area contributed by atoms with Gasteiger partial charge in [-0.3, -0.25) is 4.79 Å². The SMILES string of the molecule is Cc1nc(C(=O)NC(c2ccccc2)C2CC2)ccc1C(=O)O. The fraction of sp³-hybridized carbons (Fsp3) is 0.278. The van der Waals surface area contributed by atoms with Crippen LogP contribution in [0.2, 0.25) is 0 Å². The first-order valence-corrected chi connectivity index (χ1v) is 7.63. The predicted molar refractivity (Wildman–Crippen MR) is 85.3 cm³/mol. The Kier molecular flexibility index (Phi) is 4.10. The van der Waals surface area contributed by atoms with E-state index in [1.54, 1.807) is 6.92 Å². The maximum atomic E-state index is 12.5. The van der Waals surface area contributed by atoms with Gasteiger partial charge in [-0.25, -0.2) is 9.78 Å². The van der Waals surface area contributed by atoms with Crippen LogP contribution in [0.1, 0.15) is 51.0 Å². The Labute approximate surface area is 134 Å². The number of carboxylic acids is 1. The second kappa shape index (κ2) is 6.20. The number of nitrogens with zero attached hydrogens (tertiary/aromatic N) is 1. The van der Waals surface area contributed by atoms with Crippen molar-refractivity contribution in [2.75, 3.05) is 0 Å². The Hall–Kier alpha value is -2.69. The number of hydrogen-bond donors (Lipinski definition) is 2. The maximum Gasteiger partial charge on any atom is 0.337 e. The summed E-state index contributed by atoms with van der Waals surface area (Å²) < 4.78 is 0. The van der Waals surface area contributed by atoms with Crippen molar-refractivity contribution in [3.05, 3.63) is 65.0 Å². The summed E-state index contributed by atoms with van der Waals surface area (Å²) in [6, 6.07) is 12.7. The van der Waals surface area contributed by atoms with Crippen LogP contribution in [0, 0.1) is 12.8 Å². The molecule has 1 heterocycles. The van der Waals surface area contributed by atoms with Gasteiger partial charge in [0, 0.05) is 0 Å². The molecule has 3 rings (SSSR count). The number of benzene rings is 1. The largest absolute Gasteiger partial charge is 0.478 e. The zero-order valence-corrected chi connectivity index (χ0v) is 12.8. The van der Waals surface area contributed by atoms with E-state index in [0.717, 1.165) is 18.4 Å². The van der Waals surface area contributed by atoms with Gasteiger partial charge in [-0.2, -0.15) is 0 Å². The zero-order valence-electron chi connectivity index (χ0n) is 12.8. The quantitative estimate of drug-likeness (QED) is 0.890. The van der Waals surface area contributed by atoms with Crippen LogP contribution in [0.3, 0.4) is 0 Å². The number of pyridine rings is 1. The van der Waals surface area contributed by atoms with Gasteiger partial charge < -0.3 is 10.4 Å². The van der Waals surface area contributed by atoms with Crippen LogP contribution in [0.4, 0.5) is 0 Å². The average molecular weight is 310 g/mol. The van der Waals surface area contributed by atoms with E-state index in [0.29, 0.717) is 11.6 Å². The van der Waals surface area contributed by atoms with E-state index in [4.69, 9.17) is 5.11 Å². The summed E-state index contributed by atoms with van der Waals surface area (Å²) in [6.07, 6.45) is 2.20. The van der Waals surface area contributed by atoms with E-state index in [1.165, 1.54) is 12.1 Å². The molecule has 1 unspecified atom stereocenters. The molecule has 1 fully saturated rings. The van der Waals surface area contributed by atoms with E-state index in [1.807, 2.05) is 30.3 Å². The summed E-state index contributed by atoms with van der Waals surface area (Å²) >= 11 is 0. The van der Waals surface area contributed by atoms with E-state index in [9.17, 15) is 9.59 Å². The summed E-state index contributed by atoms with van der Waals surface area (Å²) in [6.45, 7) is 1.59. The summed E-state index contributed by atoms with van der Waals surface area (Å²) in [4.78, 5) is 27.6. The first-order valence-electron chi connectivity index (χ1n) is 7.63. The first-order chi connectivity index (χ1) is 11.1. The smallest absolute Gasteiger partial charge is 0.337 e. The summed E-state index contributed by atoms with van der Waals surface area (Å²) in [5.74, 6) is -0.853. The number of carboxylic acid groups (broad SMARTS) is 1.